The van der Waals surface area contributed by atoms with E-state index in [1.54, 1.807) is 23.7 Å². The quantitative estimate of drug-likeness (QED) is 0.345. The van der Waals surface area contributed by atoms with Crippen molar-refractivity contribution in [2.75, 3.05) is 5.32 Å². The summed E-state index contributed by atoms with van der Waals surface area (Å²) in [6.45, 7) is 0. The molecule has 19 heavy (non-hydrogen) atoms. The molecule has 0 unspecified atom stereocenters. The zero-order valence-corrected chi connectivity index (χ0v) is 11.9. The Hall–Kier alpha value is -1.93. The molecule has 6 nitrogen and oxygen atoms in total. The van der Waals surface area contributed by atoms with Crippen LogP contribution in [0.3, 0.4) is 0 Å². The van der Waals surface area contributed by atoms with E-state index in [0.29, 0.717) is 16.1 Å². The molecule has 0 bridgehead atoms. The van der Waals surface area contributed by atoms with E-state index in [4.69, 9.17) is 10.9 Å². The predicted molar refractivity (Wildman–Crippen MR) is 76.7 cm³/mol. The summed E-state index contributed by atoms with van der Waals surface area (Å²) in [5.74, 6) is -0.375. The number of amidine groups is 1. The lowest BCUT2D eigenvalue weighted by molar-refractivity contribution is 0.103. The maximum absolute atomic E-state index is 12.0. The van der Waals surface area contributed by atoms with E-state index in [0.717, 1.165) is 4.47 Å². The van der Waals surface area contributed by atoms with Crippen LogP contribution < -0.4 is 11.1 Å². The molecule has 1 heterocycles. The molecule has 0 aliphatic carbocycles. The minimum atomic E-state index is -0.299. The van der Waals surface area contributed by atoms with Crippen LogP contribution >= 0.6 is 27.3 Å². The molecule has 1 aromatic heterocycles. The van der Waals surface area contributed by atoms with Crippen LogP contribution in [0.1, 0.15) is 15.2 Å². The molecule has 1 aromatic carbocycles. The van der Waals surface area contributed by atoms with Crippen molar-refractivity contribution < 1.29 is 10.0 Å². The molecular formula is C11H9BrN4O2S. The molecule has 98 valence electrons. The van der Waals surface area contributed by atoms with Crippen molar-refractivity contribution >= 4 is 44.7 Å². The van der Waals surface area contributed by atoms with Gasteiger partial charge in [-0.15, -0.1) is 11.3 Å². The first-order valence-electron chi connectivity index (χ1n) is 5.09. The third-order valence-corrected chi connectivity index (χ3v) is 3.53. The first-order valence-corrected chi connectivity index (χ1v) is 6.76. The summed E-state index contributed by atoms with van der Waals surface area (Å²) in [4.78, 5) is 16.3. The number of amides is 1. The van der Waals surface area contributed by atoms with Crippen LogP contribution in [0.4, 0.5) is 5.69 Å². The fourth-order valence-corrected chi connectivity index (χ4v) is 2.29. The number of aromatic nitrogens is 1. The van der Waals surface area contributed by atoms with Gasteiger partial charge < -0.3 is 16.3 Å². The lowest BCUT2D eigenvalue weighted by atomic mass is 10.1. The summed E-state index contributed by atoms with van der Waals surface area (Å²) in [6.07, 6.45) is 1.47. The molecule has 0 aliphatic rings. The van der Waals surface area contributed by atoms with Gasteiger partial charge in [0.05, 0.1) is 17.4 Å². The highest BCUT2D eigenvalue weighted by Crippen LogP contribution is 2.22. The fourth-order valence-electron chi connectivity index (χ4n) is 1.41. The molecule has 0 atom stereocenters. The van der Waals surface area contributed by atoms with E-state index in [2.05, 4.69) is 31.4 Å². The van der Waals surface area contributed by atoms with Crippen molar-refractivity contribution in [1.82, 2.24) is 4.98 Å². The second-order valence-electron chi connectivity index (χ2n) is 3.49. The summed E-state index contributed by atoms with van der Waals surface area (Å²) in [5.41, 5.74) is 8.01. The minimum Gasteiger partial charge on any atom is -0.409 e. The van der Waals surface area contributed by atoms with Gasteiger partial charge in [0.1, 0.15) is 4.88 Å². The number of halogens is 1. The van der Waals surface area contributed by atoms with Gasteiger partial charge in [0, 0.05) is 10.0 Å². The van der Waals surface area contributed by atoms with E-state index in [9.17, 15) is 4.79 Å². The van der Waals surface area contributed by atoms with Crippen molar-refractivity contribution in [2.45, 2.75) is 0 Å². The van der Waals surface area contributed by atoms with Crippen molar-refractivity contribution in [1.29, 1.82) is 0 Å². The average Bonchev–Trinajstić information content (AvgIpc) is 2.92. The molecule has 4 N–H and O–H groups in total. The van der Waals surface area contributed by atoms with Crippen molar-refractivity contribution in [3.05, 3.63) is 44.8 Å². The number of benzene rings is 1. The maximum Gasteiger partial charge on any atom is 0.267 e. The number of nitrogens with two attached hydrogens (primary N) is 1. The number of rotatable bonds is 3. The van der Waals surface area contributed by atoms with Crippen LogP contribution in [0.2, 0.25) is 0 Å². The Labute approximate surface area is 121 Å². The van der Waals surface area contributed by atoms with Crippen molar-refractivity contribution in [3.63, 3.8) is 0 Å². The number of carbonyl (C=O) groups is 1. The fraction of sp³-hybridized carbons (Fsp3) is 0. The second kappa shape index (κ2) is 5.81. The number of thiazole rings is 1. The van der Waals surface area contributed by atoms with Gasteiger partial charge in [-0.25, -0.2) is 0 Å². The number of anilines is 1. The Morgan fingerprint density at radius 2 is 2.32 bits per heavy atom. The molecule has 2 aromatic rings. The zero-order chi connectivity index (χ0) is 13.8. The zero-order valence-electron chi connectivity index (χ0n) is 9.50. The molecule has 0 radical (unpaired) electrons. The Balaban J connectivity index is 2.33. The van der Waals surface area contributed by atoms with E-state index in [1.807, 2.05) is 0 Å². The third kappa shape index (κ3) is 3.09. The van der Waals surface area contributed by atoms with Crippen molar-refractivity contribution in [3.8, 4) is 0 Å². The largest absolute Gasteiger partial charge is 0.409 e. The number of oxime groups is 1. The van der Waals surface area contributed by atoms with Crippen LogP contribution in [0.5, 0.6) is 0 Å². The topological polar surface area (TPSA) is 101 Å². The monoisotopic (exact) mass is 340 g/mol. The molecule has 0 saturated heterocycles. The number of hydrogen-bond donors (Lipinski definition) is 3. The minimum absolute atomic E-state index is 0.0768. The van der Waals surface area contributed by atoms with Crippen LogP contribution in [-0.4, -0.2) is 21.9 Å². The van der Waals surface area contributed by atoms with Gasteiger partial charge >= 0.3 is 0 Å². The van der Waals surface area contributed by atoms with E-state index in [-0.39, 0.29) is 11.7 Å². The Morgan fingerprint density at radius 1 is 1.53 bits per heavy atom. The Morgan fingerprint density at radius 3 is 2.95 bits per heavy atom. The highest BCUT2D eigenvalue weighted by Gasteiger charge is 2.13. The van der Waals surface area contributed by atoms with Gasteiger partial charge in [0.2, 0.25) is 0 Å². The lowest BCUT2D eigenvalue weighted by Crippen LogP contribution is -2.18. The van der Waals surface area contributed by atoms with Gasteiger partial charge in [-0.3, -0.25) is 9.78 Å². The van der Waals surface area contributed by atoms with Crippen LogP contribution in [0.25, 0.3) is 0 Å². The van der Waals surface area contributed by atoms with Crippen molar-refractivity contribution in [2.24, 2.45) is 10.9 Å². The number of hydrogen-bond acceptors (Lipinski definition) is 5. The molecule has 0 fully saturated rings. The van der Waals surface area contributed by atoms with E-state index >= 15 is 0 Å². The third-order valence-electron chi connectivity index (χ3n) is 2.27. The standard InChI is InChI=1S/C11H9BrN4O2S/c12-6-1-2-7(10(13)16-18)8(3-6)15-11(17)9-4-14-5-19-9/h1-5,18H,(H2,13,16)(H,15,17). The van der Waals surface area contributed by atoms with E-state index < -0.39 is 0 Å². The van der Waals surface area contributed by atoms with Gasteiger partial charge in [-0.1, -0.05) is 21.1 Å². The molecule has 1 amide bonds. The average molecular weight is 341 g/mol. The number of carbonyl (C=O) groups excluding carboxylic acids is 1. The summed E-state index contributed by atoms with van der Waals surface area (Å²) < 4.78 is 0.765. The Kier molecular flexibility index (Phi) is 4.13. The first-order chi connectivity index (χ1) is 9.11. The number of nitrogens with zero attached hydrogens (tertiary/aromatic N) is 2. The molecule has 2 rings (SSSR count). The highest BCUT2D eigenvalue weighted by atomic mass is 79.9. The molecule has 0 saturated carbocycles. The molecular weight excluding hydrogens is 332 g/mol. The van der Waals surface area contributed by atoms with Gasteiger partial charge in [0.15, 0.2) is 5.84 Å². The maximum atomic E-state index is 12.0. The normalized spacial score (nSPS) is 11.3. The lowest BCUT2D eigenvalue weighted by Gasteiger charge is -2.09. The summed E-state index contributed by atoms with van der Waals surface area (Å²) in [6, 6.07) is 5.05. The molecule has 0 aliphatic heterocycles. The SMILES string of the molecule is N/C(=N/O)c1ccc(Br)cc1NC(=O)c1cncs1. The summed E-state index contributed by atoms with van der Waals surface area (Å²) in [5, 5.41) is 14.4. The molecule has 8 heteroatoms. The number of nitrogens with one attached hydrogen (secondary N) is 1. The summed E-state index contributed by atoms with van der Waals surface area (Å²) in [7, 11) is 0. The van der Waals surface area contributed by atoms with Gasteiger partial charge in [0.25, 0.3) is 5.91 Å². The highest BCUT2D eigenvalue weighted by molar-refractivity contribution is 9.10. The van der Waals surface area contributed by atoms with E-state index in [1.165, 1.54) is 17.5 Å². The molecule has 0 spiro atoms. The van der Waals surface area contributed by atoms with Crippen LogP contribution in [0, 0.1) is 0 Å². The van der Waals surface area contributed by atoms with Gasteiger partial charge in [-0.05, 0) is 18.2 Å². The first kappa shape index (κ1) is 13.5. The predicted octanol–water partition coefficient (Wildman–Crippen LogP) is 2.25. The summed E-state index contributed by atoms with van der Waals surface area (Å²) >= 11 is 4.53. The second-order valence-corrected chi connectivity index (χ2v) is 5.30. The van der Waals surface area contributed by atoms with Crippen LogP contribution in [-0.2, 0) is 0 Å². The van der Waals surface area contributed by atoms with Gasteiger partial charge in [-0.2, -0.15) is 0 Å². The smallest absolute Gasteiger partial charge is 0.267 e. The van der Waals surface area contributed by atoms with Crippen LogP contribution in [0.15, 0.2) is 39.5 Å². The Bertz CT molecular complexity index is 628.